The van der Waals surface area contributed by atoms with E-state index in [1.807, 2.05) is 6.92 Å². The van der Waals surface area contributed by atoms with Crippen LogP contribution in [0, 0.1) is 0 Å². The van der Waals surface area contributed by atoms with Gasteiger partial charge in [0.05, 0.1) is 17.7 Å². The van der Waals surface area contributed by atoms with Gasteiger partial charge in [-0.2, -0.15) is 0 Å². The predicted octanol–water partition coefficient (Wildman–Crippen LogP) is 2.01. The molecule has 1 aromatic carbocycles. The molecule has 1 aromatic heterocycles. The lowest BCUT2D eigenvalue weighted by atomic mass is 10.1. The van der Waals surface area contributed by atoms with E-state index in [9.17, 15) is 4.79 Å². The highest BCUT2D eigenvalue weighted by Gasteiger charge is 2.16. The smallest absolute Gasteiger partial charge is 0.336 e. The summed E-state index contributed by atoms with van der Waals surface area (Å²) >= 11 is 0. The number of benzene rings is 1. The van der Waals surface area contributed by atoms with Gasteiger partial charge in [-0.1, -0.05) is 12.1 Å². The van der Waals surface area contributed by atoms with E-state index in [1.54, 1.807) is 18.2 Å². The van der Waals surface area contributed by atoms with Crippen LogP contribution in [0.4, 0.5) is 0 Å². The van der Waals surface area contributed by atoms with E-state index in [0.29, 0.717) is 31.1 Å². The topological polar surface area (TPSA) is 85.5 Å². The average Bonchev–Trinajstić information content (AvgIpc) is 2.88. The second-order valence-corrected chi connectivity index (χ2v) is 3.80. The maximum atomic E-state index is 11.1. The summed E-state index contributed by atoms with van der Waals surface area (Å²) in [7, 11) is 0. The van der Waals surface area contributed by atoms with Gasteiger partial charge < -0.3 is 14.3 Å². The lowest BCUT2D eigenvalue weighted by Gasteiger charge is -2.00. The number of carboxylic acid groups (broad SMARTS) is 1. The molecule has 6 nitrogen and oxygen atoms in total. The lowest BCUT2D eigenvalue weighted by Crippen LogP contribution is -1.99. The van der Waals surface area contributed by atoms with Gasteiger partial charge in [0.1, 0.15) is 0 Å². The third kappa shape index (κ3) is 3.17. The first-order valence-corrected chi connectivity index (χ1v) is 5.95. The molecule has 100 valence electrons. The highest BCUT2D eigenvalue weighted by Crippen LogP contribution is 2.22. The zero-order valence-electron chi connectivity index (χ0n) is 10.5. The molecule has 0 amide bonds. The highest BCUT2D eigenvalue weighted by molar-refractivity contribution is 5.94. The number of aromatic nitrogens is 2. The molecule has 1 heterocycles. The Morgan fingerprint density at radius 3 is 2.89 bits per heavy atom. The van der Waals surface area contributed by atoms with Gasteiger partial charge in [0, 0.05) is 13.0 Å². The van der Waals surface area contributed by atoms with Crippen molar-refractivity contribution in [1.82, 2.24) is 10.2 Å². The third-order valence-corrected chi connectivity index (χ3v) is 2.52. The van der Waals surface area contributed by atoms with Gasteiger partial charge in [0.25, 0.3) is 0 Å². The SMILES string of the molecule is CCOCCc1nnc(-c2ccccc2C(=O)O)o1. The van der Waals surface area contributed by atoms with Gasteiger partial charge in [-0.15, -0.1) is 10.2 Å². The number of ether oxygens (including phenoxy) is 1. The molecule has 2 aromatic rings. The number of carbonyl (C=O) groups is 1. The van der Waals surface area contributed by atoms with E-state index in [1.165, 1.54) is 6.07 Å². The fourth-order valence-corrected chi connectivity index (χ4v) is 1.62. The monoisotopic (exact) mass is 262 g/mol. The van der Waals surface area contributed by atoms with Crippen LogP contribution < -0.4 is 0 Å². The molecule has 2 rings (SSSR count). The summed E-state index contributed by atoms with van der Waals surface area (Å²) in [5.74, 6) is -0.377. The van der Waals surface area contributed by atoms with Gasteiger partial charge in [-0.25, -0.2) is 4.79 Å². The van der Waals surface area contributed by atoms with Crippen molar-refractivity contribution in [3.63, 3.8) is 0 Å². The first-order chi connectivity index (χ1) is 9.22. The Morgan fingerprint density at radius 2 is 2.16 bits per heavy atom. The van der Waals surface area contributed by atoms with Crippen LogP contribution in [0.25, 0.3) is 11.5 Å². The Balaban J connectivity index is 2.21. The van der Waals surface area contributed by atoms with E-state index in [-0.39, 0.29) is 11.5 Å². The van der Waals surface area contributed by atoms with Crippen LogP contribution in [0.2, 0.25) is 0 Å². The summed E-state index contributed by atoms with van der Waals surface area (Å²) in [5, 5.41) is 16.8. The van der Waals surface area contributed by atoms with Gasteiger partial charge in [0.15, 0.2) is 0 Å². The van der Waals surface area contributed by atoms with E-state index >= 15 is 0 Å². The number of carboxylic acids is 1. The van der Waals surface area contributed by atoms with Crippen molar-refractivity contribution >= 4 is 5.97 Å². The van der Waals surface area contributed by atoms with Crippen LogP contribution in [0.3, 0.4) is 0 Å². The third-order valence-electron chi connectivity index (χ3n) is 2.52. The van der Waals surface area contributed by atoms with Gasteiger partial charge >= 0.3 is 5.97 Å². The molecule has 0 fully saturated rings. The molecule has 0 saturated carbocycles. The maximum absolute atomic E-state index is 11.1. The average molecular weight is 262 g/mol. The molecule has 0 spiro atoms. The summed E-state index contributed by atoms with van der Waals surface area (Å²) in [6.07, 6.45) is 0.510. The number of aromatic carboxylic acids is 1. The summed E-state index contributed by atoms with van der Waals surface area (Å²) < 4.78 is 10.6. The maximum Gasteiger partial charge on any atom is 0.336 e. The van der Waals surface area contributed by atoms with E-state index in [4.69, 9.17) is 14.3 Å². The summed E-state index contributed by atoms with van der Waals surface area (Å²) in [6, 6.07) is 6.52. The van der Waals surface area contributed by atoms with Crippen LogP contribution in [-0.4, -0.2) is 34.5 Å². The van der Waals surface area contributed by atoms with Crippen LogP contribution in [0.1, 0.15) is 23.2 Å². The van der Waals surface area contributed by atoms with E-state index in [2.05, 4.69) is 10.2 Å². The summed E-state index contributed by atoms with van der Waals surface area (Å²) in [6.45, 7) is 3.03. The molecule has 0 bridgehead atoms. The van der Waals surface area contributed by atoms with Crippen LogP contribution in [-0.2, 0) is 11.2 Å². The molecule has 0 aliphatic heterocycles. The minimum absolute atomic E-state index is 0.141. The fraction of sp³-hybridized carbons (Fsp3) is 0.308. The Hall–Kier alpha value is -2.21. The number of hydrogen-bond acceptors (Lipinski definition) is 5. The molecule has 0 aliphatic carbocycles. The Kier molecular flexibility index (Phi) is 4.25. The molecular formula is C13H14N2O4. The second-order valence-electron chi connectivity index (χ2n) is 3.80. The van der Waals surface area contributed by atoms with Crippen molar-refractivity contribution in [2.75, 3.05) is 13.2 Å². The van der Waals surface area contributed by atoms with Crippen LogP contribution in [0.5, 0.6) is 0 Å². The van der Waals surface area contributed by atoms with Crippen molar-refractivity contribution in [2.24, 2.45) is 0 Å². The highest BCUT2D eigenvalue weighted by atomic mass is 16.5. The molecule has 0 aliphatic rings. The molecule has 0 atom stereocenters. The molecule has 1 N–H and O–H groups in total. The number of nitrogens with zero attached hydrogens (tertiary/aromatic N) is 2. The fourth-order valence-electron chi connectivity index (χ4n) is 1.62. The Morgan fingerprint density at radius 1 is 1.37 bits per heavy atom. The summed E-state index contributed by atoms with van der Waals surface area (Å²) in [4.78, 5) is 11.1. The van der Waals surface area contributed by atoms with Gasteiger partial charge in [-0.3, -0.25) is 0 Å². The molecule has 0 radical (unpaired) electrons. The van der Waals surface area contributed by atoms with Crippen LogP contribution >= 0.6 is 0 Å². The number of rotatable bonds is 6. The minimum atomic E-state index is -1.02. The van der Waals surface area contributed by atoms with E-state index < -0.39 is 5.97 Å². The van der Waals surface area contributed by atoms with Crippen molar-refractivity contribution in [3.8, 4) is 11.5 Å². The van der Waals surface area contributed by atoms with Crippen molar-refractivity contribution < 1.29 is 19.1 Å². The zero-order chi connectivity index (χ0) is 13.7. The van der Waals surface area contributed by atoms with Crippen molar-refractivity contribution in [1.29, 1.82) is 0 Å². The first kappa shape index (κ1) is 13.2. The Bertz CT molecular complexity index is 565. The molecule has 0 unspecified atom stereocenters. The normalized spacial score (nSPS) is 10.6. The number of hydrogen-bond donors (Lipinski definition) is 1. The van der Waals surface area contributed by atoms with E-state index in [0.717, 1.165) is 0 Å². The van der Waals surface area contributed by atoms with Crippen molar-refractivity contribution in [2.45, 2.75) is 13.3 Å². The second kappa shape index (κ2) is 6.10. The zero-order valence-corrected chi connectivity index (χ0v) is 10.5. The molecule has 6 heteroatoms. The Labute approximate surface area is 110 Å². The lowest BCUT2D eigenvalue weighted by molar-refractivity contribution is 0.0697. The predicted molar refractivity (Wildman–Crippen MR) is 66.9 cm³/mol. The largest absolute Gasteiger partial charge is 0.478 e. The summed E-state index contributed by atoms with van der Waals surface area (Å²) in [5.41, 5.74) is 0.563. The molecule has 0 saturated heterocycles. The first-order valence-electron chi connectivity index (χ1n) is 5.95. The minimum Gasteiger partial charge on any atom is -0.478 e. The molecule has 19 heavy (non-hydrogen) atoms. The van der Waals surface area contributed by atoms with Gasteiger partial charge in [-0.05, 0) is 19.1 Å². The van der Waals surface area contributed by atoms with Gasteiger partial charge in [0.2, 0.25) is 11.8 Å². The van der Waals surface area contributed by atoms with Crippen LogP contribution in [0.15, 0.2) is 28.7 Å². The quantitative estimate of drug-likeness (QED) is 0.801. The molecular weight excluding hydrogens is 248 g/mol. The standard InChI is InChI=1S/C13H14N2O4/c1-2-18-8-7-11-14-15-12(19-11)9-5-3-4-6-10(9)13(16)17/h3-6H,2,7-8H2,1H3,(H,16,17). The van der Waals surface area contributed by atoms with Crippen molar-refractivity contribution in [3.05, 3.63) is 35.7 Å².